The summed E-state index contributed by atoms with van der Waals surface area (Å²) >= 11 is 3.92. The molecule has 2 heterocycles. The summed E-state index contributed by atoms with van der Waals surface area (Å²) in [6, 6.07) is 8.11. The van der Waals surface area contributed by atoms with Gasteiger partial charge in [-0.05, 0) is 30.5 Å². The number of hydrogen-bond donors (Lipinski definition) is 2. The van der Waals surface area contributed by atoms with Gasteiger partial charge < -0.3 is 15.8 Å². The van der Waals surface area contributed by atoms with Gasteiger partial charge in [-0.3, -0.25) is 4.79 Å². The fourth-order valence-electron chi connectivity index (χ4n) is 2.53. The molecule has 3 rings (SSSR count). The molecule has 2 aliphatic heterocycles. The van der Waals surface area contributed by atoms with Crippen molar-refractivity contribution >= 4 is 35.1 Å². The Balaban J connectivity index is 1.69. The SMILES string of the molecule is NC1(C(=O)Nc2cccc(C3SCCS3)c2)CCOCC1. The van der Waals surface area contributed by atoms with Gasteiger partial charge in [-0.2, -0.15) is 0 Å². The first-order chi connectivity index (χ1) is 10.2. The lowest BCUT2D eigenvalue weighted by atomic mass is 9.90. The molecule has 0 spiro atoms. The van der Waals surface area contributed by atoms with E-state index in [1.54, 1.807) is 0 Å². The Labute approximate surface area is 133 Å². The summed E-state index contributed by atoms with van der Waals surface area (Å²) in [5, 5.41) is 2.98. The van der Waals surface area contributed by atoms with E-state index >= 15 is 0 Å². The summed E-state index contributed by atoms with van der Waals surface area (Å²) < 4.78 is 5.77. The van der Waals surface area contributed by atoms with Gasteiger partial charge in [0.1, 0.15) is 5.54 Å². The molecule has 0 unspecified atom stereocenters. The second-order valence-electron chi connectivity index (χ2n) is 5.42. The van der Waals surface area contributed by atoms with Gasteiger partial charge in [0.25, 0.3) is 0 Å². The van der Waals surface area contributed by atoms with E-state index in [1.807, 2.05) is 35.7 Å². The minimum Gasteiger partial charge on any atom is -0.381 e. The lowest BCUT2D eigenvalue weighted by Crippen LogP contribution is -2.54. The highest BCUT2D eigenvalue weighted by Gasteiger charge is 2.36. The zero-order valence-corrected chi connectivity index (χ0v) is 13.5. The molecule has 0 radical (unpaired) electrons. The van der Waals surface area contributed by atoms with Crippen molar-refractivity contribution in [2.75, 3.05) is 30.0 Å². The largest absolute Gasteiger partial charge is 0.381 e. The molecule has 1 aromatic rings. The average molecular weight is 324 g/mol. The fourth-order valence-corrected chi connectivity index (χ4v) is 5.37. The maximum absolute atomic E-state index is 12.4. The van der Waals surface area contributed by atoms with Gasteiger partial charge in [0.15, 0.2) is 0 Å². The Hall–Kier alpha value is -0.690. The van der Waals surface area contributed by atoms with Crippen molar-refractivity contribution in [3.8, 4) is 0 Å². The molecule has 0 aromatic heterocycles. The van der Waals surface area contributed by atoms with Crippen molar-refractivity contribution in [3.63, 3.8) is 0 Å². The van der Waals surface area contributed by atoms with Crippen LogP contribution < -0.4 is 11.1 Å². The number of thioether (sulfide) groups is 2. The van der Waals surface area contributed by atoms with E-state index in [-0.39, 0.29) is 5.91 Å². The van der Waals surface area contributed by atoms with E-state index < -0.39 is 5.54 Å². The van der Waals surface area contributed by atoms with E-state index in [1.165, 1.54) is 17.1 Å². The number of nitrogens with one attached hydrogen (secondary N) is 1. The Morgan fingerprint density at radius 3 is 2.71 bits per heavy atom. The number of anilines is 1. The van der Waals surface area contributed by atoms with Crippen molar-refractivity contribution in [3.05, 3.63) is 29.8 Å². The molecule has 4 nitrogen and oxygen atoms in total. The monoisotopic (exact) mass is 324 g/mol. The predicted octanol–water partition coefficient (Wildman–Crippen LogP) is 2.61. The van der Waals surface area contributed by atoms with E-state index in [9.17, 15) is 4.79 Å². The number of carbonyl (C=O) groups is 1. The van der Waals surface area contributed by atoms with Crippen LogP contribution in [-0.4, -0.2) is 36.2 Å². The number of benzene rings is 1. The standard InChI is InChI=1S/C15H20N2O2S2/c16-15(4-6-19-7-5-15)14(18)17-12-3-1-2-11(10-12)13-20-8-9-21-13/h1-3,10,13H,4-9,16H2,(H,17,18). The van der Waals surface area contributed by atoms with E-state index in [0.717, 1.165) is 5.69 Å². The van der Waals surface area contributed by atoms with Gasteiger partial charge in [0.05, 0.1) is 4.58 Å². The molecule has 3 N–H and O–H groups in total. The maximum atomic E-state index is 12.4. The molecule has 114 valence electrons. The molecule has 0 bridgehead atoms. The molecule has 0 atom stereocenters. The minimum atomic E-state index is -0.800. The first kappa shape index (κ1) is 15.2. The zero-order chi connectivity index (χ0) is 14.7. The summed E-state index contributed by atoms with van der Waals surface area (Å²) in [5.74, 6) is 2.28. The van der Waals surface area contributed by atoms with E-state index in [4.69, 9.17) is 10.5 Å². The molecular formula is C15H20N2O2S2. The second-order valence-corrected chi connectivity index (χ2v) is 8.15. The molecule has 6 heteroatoms. The third-order valence-electron chi connectivity index (χ3n) is 3.88. The van der Waals surface area contributed by atoms with Crippen LogP contribution in [0.1, 0.15) is 23.0 Å². The van der Waals surface area contributed by atoms with Crippen LogP contribution in [0.2, 0.25) is 0 Å². The quantitative estimate of drug-likeness (QED) is 0.895. The number of rotatable bonds is 3. The van der Waals surface area contributed by atoms with Crippen LogP contribution in [-0.2, 0) is 9.53 Å². The van der Waals surface area contributed by atoms with Gasteiger partial charge in [0.2, 0.25) is 5.91 Å². The number of hydrogen-bond acceptors (Lipinski definition) is 5. The Bertz CT molecular complexity index is 512. The van der Waals surface area contributed by atoms with Crippen LogP contribution in [0.4, 0.5) is 5.69 Å². The highest BCUT2D eigenvalue weighted by atomic mass is 32.2. The zero-order valence-electron chi connectivity index (χ0n) is 11.8. The summed E-state index contributed by atoms with van der Waals surface area (Å²) in [4.78, 5) is 12.4. The van der Waals surface area contributed by atoms with Gasteiger partial charge in [-0.1, -0.05) is 12.1 Å². The number of amides is 1. The summed E-state index contributed by atoms with van der Waals surface area (Å²) in [6.45, 7) is 1.11. The maximum Gasteiger partial charge on any atom is 0.244 e. The molecule has 2 saturated heterocycles. The van der Waals surface area contributed by atoms with Crippen molar-refractivity contribution in [2.24, 2.45) is 5.73 Å². The van der Waals surface area contributed by atoms with Crippen molar-refractivity contribution in [2.45, 2.75) is 23.0 Å². The molecule has 1 aromatic carbocycles. The van der Waals surface area contributed by atoms with Crippen molar-refractivity contribution in [1.29, 1.82) is 0 Å². The van der Waals surface area contributed by atoms with Crippen LogP contribution in [0.3, 0.4) is 0 Å². The van der Waals surface area contributed by atoms with Crippen LogP contribution in [0.5, 0.6) is 0 Å². The normalized spacial score (nSPS) is 22.1. The second kappa shape index (κ2) is 6.60. The topological polar surface area (TPSA) is 64.4 Å². The first-order valence-electron chi connectivity index (χ1n) is 7.19. The van der Waals surface area contributed by atoms with Gasteiger partial charge in [-0.15, -0.1) is 23.5 Å². The number of carbonyl (C=O) groups excluding carboxylic acids is 1. The van der Waals surface area contributed by atoms with E-state index in [2.05, 4.69) is 17.4 Å². The molecule has 0 saturated carbocycles. The Kier molecular flexibility index (Phi) is 4.78. The van der Waals surface area contributed by atoms with E-state index in [0.29, 0.717) is 30.6 Å². The smallest absolute Gasteiger partial charge is 0.244 e. The Morgan fingerprint density at radius 2 is 2.00 bits per heavy atom. The Morgan fingerprint density at radius 1 is 1.29 bits per heavy atom. The molecule has 0 aliphatic carbocycles. The lowest BCUT2D eigenvalue weighted by molar-refractivity contribution is -0.124. The van der Waals surface area contributed by atoms with Crippen LogP contribution >= 0.6 is 23.5 Å². The average Bonchev–Trinajstić information content (AvgIpc) is 3.02. The fraction of sp³-hybridized carbons (Fsp3) is 0.533. The summed E-state index contributed by atoms with van der Waals surface area (Å²) in [5.41, 5.74) is 7.51. The highest BCUT2D eigenvalue weighted by molar-refractivity contribution is 8.19. The molecule has 2 fully saturated rings. The molecule has 1 amide bonds. The number of ether oxygens (including phenoxy) is 1. The third-order valence-corrected chi connectivity index (χ3v) is 6.98. The van der Waals surface area contributed by atoms with Gasteiger partial charge >= 0.3 is 0 Å². The lowest BCUT2D eigenvalue weighted by Gasteiger charge is -2.31. The predicted molar refractivity (Wildman–Crippen MR) is 89.7 cm³/mol. The molecule has 21 heavy (non-hydrogen) atoms. The van der Waals surface area contributed by atoms with Crippen molar-refractivity contribution in [1.82, 2.24) is 0 Å². The van der Waals surface area contributed by atoms with Crippen molar-refractivity contribution < 1.29 is 9.53 Å². The molecular weight excluding hydrogens is 304 g/mol. The summed E-state index contributed by atoms with van der Waals surface area (Å²) in [6.07, 6.45) is 1.15. The molecule has 2 aliphatic rings. The van der Waals surface area contributed by atoms with Crippen LogP contribution in [0.15, 0.2) is 24.3 Å². The summed E-state index contributed by atoms with van der Waals surface area (Å²) in [7, 11) is 0. The van der Waals surface area contributed by atoms with Gasteiger partial charge in [0, 0.05) is 30.4 Å². The van der Waals surface area contributed by atoms with Crippen LogP contribution in [0.25, 0.3) is 0 Å². The third kappa shape index (κ3) is 3.56. The highest BCUT2D eigenvalue weighted by Crippen LogP contribution is 2.45. The first-order valence-corrected chi connectivity index (χ1v) is 9.28. The minimum absolute atomic E-state index is 0.102. The van der Waals surface area contributed by atoms with Gasteiger partial charge in [-0.25, -0.2) is 0 Å². The van der Waals surface area contributed by atoms with Crippen LogP contribution in [0, 0.1) is 0 Å². The number of nitrogens with two attached hydrogens (primary N) is 1.